The fraction of sp³-hybridized carbons (Fsp3) is 0.333. The first kappa shape index (κ1) is 14.6. The first-order valence-electron chi connectivity index (χ1n) is 7.23. The van der Waals surface area contributed by atoms with Crippen LogP contribution in [0.15, 0.2) is 48.5 Å². The number of ether oxygens (including phenoxy) is 1. The van der Waals surface area contributed by atoms with Crippen LogP contribution in [0.4, 0.5) is 0 Å². The highest BCUT2D eigenvalue weighted by molar-refractivity contribution is 5.31. The van der Waals surface area contributed by atoms with E-state index in [1.54, 1.807) is 0 Å². The van der Waals surface area contributed by atoms with Gasteiger partial charge >= 0.3 is 0 Å². The van der Waals surface area contributed by atoms with E-state index in [4.69, 9.17) is 10.5 Å². The van der Waals surface area contributed by atoms with Crippen LogP contribution in [0.1, 0.15) is 36.1 Å². The van der Waals surface area contributed by atoms with E-state index < -0.39 is 0 Å². The second-order valence-corrected chi connectivity index (χ2v) is 5.14. The van der Waals surface area contributed by atoms with Gasteiger partial charge in [0.1, 0.15) is 5.75 Å². The zero-order valence-electron chi connectivity index (χ0n) is 12.3. The summed E-state index contributed by atoms with van der Waals surface area (Å²) in [5.74, 6) is 0.899. The topological polar surface area (TPSA) is 35.2 Å². The van der Waals surface area contributed by atoms with Crippen LogP contribution < -0.4 is 10.5 Å². The minimum Gasteiger partial charge on any atom is -0.494 e. The molecule has 0 spiro atoms. The van der Waals surface area contributed by atoms with Gasteiger partial charge in [0.2, 0.25) is 0 Å². The molecule has 20 heavy (non-hydrogen) atoms. The Morgan fingerprint density at radius 1 is 1.10 bits per heavy atom. The summed E-state index contributed by atoms with van der Waals surface area (Å²) in [5.41, 5.74) is 10.1. The van der Waals surface area contributed by atoms with E-state index in [1.165, 1.54) is 11.1 Å². The third kappa shape index (κ3) is 4.10. The monoisotopic (exact) mass is 269 g/mol. The van der Waals surface area contributed by atoms with Crippen LogP contribution in [-0.2, 0) is 6.42 Å². The van der Waals surface area contributed by atoms with Crippen molar-refractivity contribution in [2.45, 2.75) is 32.7 Å². The largest absolute Gasteiger partial charge is 0.494 e. The molecule has 2 N–H and O–H groups in total. The average Bonchev–Trinajstić information content (AvgIpc) is 2.45. The smallest absolute Gasteiger partial charge is 0.119 e. The van der Waals surface area contributed by atoms with Crippen LogP contribution in [0.5, 0.6) is 5.75 Å². The number of hydrogen-bond acceptors (Lipinski definition) is 2. The Bertz CT molecular complexity index is 551. The van der Waals surface area contributed by atoms with Crippen molar-refractivity contribution in [2.75, 3.05) is 6.61 Å². The molecular weight excluding hydrogens is 246 g/mol. The lowest BCUT2D eigenvalue weighted by molar-refractivity contribution is 0.339. The quantitative estimate of drug-likeness (QED) is 0.859. The van der Waals surface area contributed by atoms with Crippen LogP contribution in [0.3, 0.4) is 0 Å². The molecule has 2 nitrogen and oxygen atoms in total. The van der Waals surface area contributed by atoms with Crippen LogP contribution >= 0.6 is 0 Å². The number of benzene rings is 2. The molecule has 2 aromatic rings. The zero-order chi connectivity index (χ0) is 14.4. The third-order valence-electron chi connectivity index (χ3n) is 3.42. The van der Waals surface area contributed by atoms with Crippen molar-refractivity contribution >= 4 is 0 Å². The number of aryl methyl sites for hydroxylation is 2. The molecule has 1 unspecified atom stereocenters. The Labute approximate surface area is 121 Å². The molecular formula is C18H23NO. The van der Waals surface area contributed by atoms with Gasteiger partial charge in [-0.15, -0.1) is 0 Å². The summed E-state index contributed by atoms with van der Waals surface area (Å²) in [5, 5.41) is 0. The molecule has 0 fully saturated rings. The molecule has 0 saturated heterocycles. The summed E-state index contributed by atoms with van der Waals surface area (Å²) in [6, 6.07) is 16.8. The van der Waals surface area contributed by atoms with Crippen molar-refractivity contribution in [2.24, 2.45) is 5.73 Å². The number of nitrogens with two attached hydrogens (primary N) is 1. The summed E-state index contributed by atoms with van der Waals surface area (Å²) in [7, 11) is 0. The zero-order valence-corrected chi connectivity index (χ0v) is 12.3. The van der Waals surface area contributed by atoms with Gasteiger partial charge in [0.25, 0.3) is 0 Å². The summed E-state index contributed by atoms with van der Waals surface area (Å²) in [6.45, 7) is 4.79. The van der Waals surface area contributed by atoms with Gasteiger partial charge in [0, 0.05) is 6.04 Å². The van der Waals surface area contributed by atoms with Crippen molar-refractivity contribution in [3.63, 3.8) is 0 Å². The van der Waals surface area contributed by atoms with Gasteiger partial charge in [-0.2, -0.15) is 0 Å². The first-order chi connectivity index (χ1) is 9.69. The van der Waals surface area contributed by atoms with E-state index in [0.717, 1.165) is 24.2 Å². The molecule has 0 radical (unpaired) electrons. The highest BCUT2D eigenvalue weighted by Crippen LogP contribution is 2.21. The number of rotatable bonds is 6. The third-order valence-corrected chi connectivity index (χ3v) is 3.42. The van der Waals surface area contributed by atoms with Gasteiger partial charge in [-0.25, -0.2) is 0 Å². The van der Waals surface area contributed by atoms with Crippen molar-refractivity contribution in [3.8, 4) is 5.75 Å². The van der Waals surface area contributed by atoms with Crippen molar-refractivity contribution in [1.29, 1.82) is 0 Å². The summed E-state index contributed by atoms with van der Waals surface area (Å²) >= 11 is 0. The summed E-state index contributed by atoms with van der Waals surface area (Å²) in [6.07, 6.45) is 1.95. The van der Waals surface area contributed by atoms with E-state index in [9.17, 15) is 0 Å². The maximum Gasteiger partial charge on any atom is 0.119 e. The van der Waals surface area contributed by atoms with Gasteiger partial charge in [0.05, 0.1) is 6.61 Å². The predicted octanol–water partition coefficient (Wildman–Crippen LogP) is 4.03. The molecule has 0 aromatic heterocycles. The minimum atomic E-state index is 0.0518. The summed E-state index contributed by atoms with van der Waals surface area (Å²) in [4.78, 5) is 0. The molecule has 0 aliphatic carbocycles. The Kier molecular flexibility index (Phi) is 5.19. The molecule has 0 bridgehead atoms. The van der Waals surface area contributed by atoms with Gasteiger partial charge in [-0.3, -0.25) is 0 Å². The molecule has 0 amide bonds. The molecule has 2 rings (SSSR count). The Balaban J connectivity index is 1.97. The molecule has 1 atom stereocenters. The van der Waals surface area contributed by atoms with E-state index in [1.807, 2.05) is 25.1 Å². The van der Waals surface area contributed by atoms with Crippen molar-refractivity contribution in [3.05, 3.63) is 65.2 Å². The maximum atomic E-state index is 6.29. The lowest BCUT2D eigenvalue weighted by atomic mass is 9.99. The lowest BCUT2D eigenvalue weighted by Gasteiger charge is -2.13. The number of hydrogen-bond donors (Lipinski definition) is 1. The summed E-state index contributed by atoms with van der Waals surface area (Å²) < 4.78 is 5.52. The Morgan fingerprint density at radius 2 is 1.90 bits per heavy atom. The SMILES string of the molecule is CCOc1cccc(C(N)CCc2cccc(C)c2)c1. The maximum absolute atomic E-state index is 6.29. The van der Waals surface area contributed by atoms with Gasteiger partial charge in [-0.05, 0) is 49.9 Å². The average molecular weight is 269 g/mol. The van der Waals surface area contributed by atoms with E-state index in [0.29, 0.717) is 6.61 Å². The van der Waals surface area contributed by atoms with Crippen LogP contribution in [0.25, 0.3) is 0 Å². The highest BCUT2D eigenvalue weighted by Gasteiger charge is 2.07. The van der Waals surface area contributed by atoms with Crippen LogP contribution in [0.2, 0.25) is 0 Å². The lowest BCUT2D eigenvalue weighted by Crippen LogP contribution is -2.11. The fourth-order valence-corrected chi connectivity index (χ4v) is 2.36. The van der Waals surface area contributed by atoms with E-state index in [-0.39, 0.29) is 6.04 Å². The van der Waals surface area contributed by atoms with Crippen LogP contribution in [-0.4, -0.2) is 6.61 Å². The molecule has 0 aliphatic heterocycles. The van der Waals surface area contributed by atoms with E-state index in [2.05, 4.69) is 37.3 Å². The minimum absolute atomic E-state index is 0.0518. The predicted molar refractivity (Wildman–Crippen MR) is 84.0 cm³/mol. The van der Waals surface area contributed by atoms with Gasteiger partial charge in [-0.1, -0.05) is 42.0 Å². The van der Waals surface area contributed by atoms with Crippen LogP contribution in [0, 0.1) is 6.92 Å². The second-order valence-electron chi connectivity index (χ2n) is 5.14. The fourth-order valence-electron chi connectivity index (χ4n) is 2.36. The van der Waals surface area contributed by atoms with Gasteiger partial charge < -0.3 is 10.5 Å². The second kappa shape index (κ2) is 7.11. The Morgan fingerprint density at radius 3 is 2.65 bits per heavy atom. The molecule has 0 aliphatic rings. The molecule has 2 heteroatoms. The highest BCUT2D eigenvalue weighted by atomic mass is 16.5. The van der Waals surface area contributed by atoms with Crippen molar-refractivity contribution in [1.82, 2.24) is 0 Å². The van der Waals surface area contributed by atoms with E-state index >= 15 is 0 Å². The molecule has 106 valence electrons. The molecule has 0 saturated carbocycles. The Hall–Kier alpha value is -1.80. The molecule has 0 heterocycles. The normalized spacial score (nSPS) is 12.2. The molecule has 2 aromatic carbocycles. The van der Waals surface area contributed by atoms with Gasteiger partial charge in [0.15, 0.2) is 0 Å². The first-order valence-corrected chi connectivity index (χ1v) is 7.23. The van der Waals surface area contributed by atoms with Crippen molar-refractivity contribution < 1.29 is 4.74 Å². The standard InChI is InChI=1S/C18H23NO/c1-3-20-17-9-5-8-16(13-17)18(19)11-10-15-7-4-6-14(2)12-15/h4-9,12-13,18H,3,10-11,19H2,1-2H3.